The van der Waals surface area contributed by atoms with Gasteiger partial charge in [-0.05, 0) is 55.3 Å². The van der Waals surface area contributed by atoms with Crippen molar-refractivity contribution in [2.75, 3.05) is 0 Å². The zero-order valence-electron chi connectivity index (χ0n) is 16.6. The summed E-state index contributed by atoms with van der Waals surface area (Å²) in [5.74, 6) is 0.830. The molecule has 1 saturated heterocycles. The highest BCUT2D eigenvalue weighted by molar-refractivity contribution is 6.07. The summed E-state index contributed by atoms with van der Waals surface area (Å²) in [6.07, 6.45) is 1.61. The van der Waals surface area contributed by atoms with E-state index in [1.165, 1.54) is 4.57 Å². The molecule has 1 aliphatic heterocycles. The maximum absolute atomic E-state index is 12.9. The second kappa shape index (κ2) is 7.51. The third-order valence-electron chi connectivity index (χ3n) is 5.20. The lowest BCUT2D eigenvalue weighted by atomic mass is 9.88. The Morgan fingerprint density at radius 3 is 2.37 bits per heavy atom. The second-order valence-corrected chi connectivity index (χ2v) is 7.33. The molecular weight excluding hydrogens is 382 g/mol. The number of aromatic nitrogens is 1. The van der Waals surface area contributed by atoms with E-state index in [0.717, 1.165) is 5.56 Å². The average molecular weight is 403 g/mol. The highest BCUT2D eigenvalue weighted by atomic mass is 16.5. The van der Waals surface area contributed by atoms with Crippen molar-refractivity contribution >= 4 is 11.9 Å². The van der Waals surface area contributed by atoms with Gasteiger partial charge in [-0.3, -0.25) is 14.9 Å². The molecule has 1 atom stereocenters. The van der Waals surface area contributed by atoms with Crippen LogP contribution in [0.2, 0.25) is 0 Å². The standard InChI is InChI=1S/C23H21N3O4/c1-15-7-6-12-26(20(15)27)14-23(21(28)24-22(29)25-23)17-10-11-19(16(2)13-17)30-18-8-4-3-5-9-18/h3-13H,14H2,1-2H3,(H2,24,25,28,29). The number of nitrogens with zero attached hydrogens (tertiary/aromatic N) is 1. The Hall–Kier alpha value is -3.87. The molecule has 1 aliphatic rings. The minimum Gasteiger partial charge on any atom is -0.457 e. The van der Waals surface area contributed by atoms with Gasteiger partial charge in [0.2, 0.25) is 0 Å². The Kier molecular flexibility index (Phi) is 4.87. The summed E-state index contributed by atoms with van der Waals surface area (Å²) in [4.78, 5) is 37.4. The molecule has 2 N–H and O–H groups in total. The van der Waals surface area contributed by atoms with Crippen LogP contribution in [0.1, 0.15) is 16.7 Å². The Bertz CT molecular complexity index is 1190. The van der Waals surface area contributed by atoms with Crippen LogP contribution in [-0.4, -0.2) is 16.5 Å². The van der Waals surface area contributed by atoms with Gasteiger partial charge in [0.25, 0.3) is 11.5 Å². The molecule has 7 nitrogen and oxygen atoms in total. The number of rotatable bonds is 5. The highest BCUT2D eigenvalue weighted by Crippen LogP contribution is 2.32. The molecule has 3 amide bonds. The molecule has 152 valence electrons. The minimum atomic E-state index is -1.40. The van der Waals surface area contributed by atoms with Crippen molar-refractivity contribution in [3.05, 3.63) is 93.9 Å². The normalized spacial score (nSPS) is 18.1. The van der Waals surface area contributed by atoms with Gasteiger partial charge >= 0.3 is 6.03 Å². The van der Waals surface area contributed by atoms with Crippen molar-refractivity contribution in [2.24, 2.45) is 0 Å². The van der Waals surface area contributed by atoms with Crippen LogP contribution in [0.3, 0.4) is 0 Å². The number of imide groups is 1. The average Bonchev–Trinajstić information content (AvgIpc) is 3.01. The maximum Gasteiger partial charge on any atom is 0.322 e. The number of nitrogens with one attached hydrogen (secondary N) is 2. The zero-order chi connectivity index (χ0) is 21.3. The number of urea groups is 1. The Morgan fingerprint density at radius 2 is 1.70 bits per heavy atom. The van der Waals surface area contributed by atoms with Crippen LogP contribution in [0.15, 0.2) is 71.7 Å². The van der Waals surface area contributed by atoms with Gasteiger partial charge in [0.15, 0.2) is 5.54 Å². The van der Waals surface area contributed by atoms with Gasteiger partial charge in [0, 0.05) is 11.8 Å². The van der Waals surface area contributed by atoms with Gasteiger partial charge in [-0.1, -0.05) is 30.3 Å². The molecule has 2 aromatic carbocycles. The van der Waals surface area contributed by atoms with E-state index in [1.807, 2.05) is 37.3 Å². The fourth-order valence-electron chi connectivity index (χ4n) is 3.58. The first-order valence-corrected chi connectivity index (χ1v) is 9.53. The Balaban J connectivity index is 1.74. The molecule has 3 aromatic rings. The van der Waals surface area contributed by atoms with Crippen LogP contribution >= 0.6 is 0 Å². The maximum atomic E-state index is 12.9. The molecule has 1 unspecified atom stereocenters. The predicted octanol–water partition coefficient (Wildman–Crippen LogP) is 2.99. The third-order valence-corrected chi connectivity index (χ3v) is 5.20. The second-order valence-electron chi connectivity index (χ2n) is 7.33. The van der Waals surface area contributed by atoms with Crippen molar-refractivity contribution < 1.29 is 14.3 Å². The van der Waals surface area contributed by atoms with Gasteiger partial charge in [-0.2, -0.15) is 0 Å². The van der Waals surface area contributed by atoms with Crippen molar-refractivity contribution in [2.45, 2.75) is 25.9 Å². The van der Waals surface area contributed by atoms with E-state index in [9.17, 15) is 14.4 Å². The quantitative estimate of drug-likeness (QED) is 0.641. The SMILES string of the molecule is Cc1cc(C2(Cn3cccc(C)c3=O)NC(=O)NC2=O)ccc1Oc1ccccc1. The molecular formula is C23H21N3O4. The highest BCUT2D eigenvalue weighted by Gasteiger charge is 2.48. The summed E-state index contributed by atoms with van der Waals surface area (Å²) in [6.45, 7) is 3.55. The largest absolute Gasteiger partial charge is 0.457 e. The number of carbonyl (C=O) groups excluding carboxylic acids is 2. The van der Waals surface area contributed by atoms with Crippen LogP contribution in [-0.2, 0) is 16.9 Å². The van der Waals surface area contributed by atoms with Crippen LogP contribution in [0, 0.1) is 13.8 Å². The summed E-state index contributed by atoms with van der Waals surface area (Å²) < 4.78 is 7.35. The molecule has 0 aliphatic carbocycles. The van der Waals surface area contributed by atoms with Crippen molar-refractivity contribution in [1.29, 1.82) is 0 Å². The molecule has 30 heavy (non-hydrogen) atoms. The lowest BCUT2D eigenvalue weighted by Gasteiger charge is -2.28. The number of hydrogen-bond acceptors (Lipinski definition) is 4. The molecule has 0 radical (unpaired) electrons. The fraction of sp³-hybridized carbons (Fsp3) is 0.174. The topological polar surface area (TPSA) is 89.4 Å². The monoisotopic (exact) mass is 403 g/mol. The predicted molar refractivity (Wildman–Crippen MR) is 111 cm³/mol. The number of carbonyl (C=O) groups is 2. The van der Waals surface area contributed by atoms with Crippen molar-refractivity contribution in [1.82, 2.24) is 15.2 Å². The van der Waals surface area contributed by atoms with E-state index in [1.54, 1.807) is 43.5 Å². The van der Waals surface area contributed by atoms with Gasteiger partial charge in [0.1, 0.15) is 11.5 Å². The third kappa shape index (κ3) is 3.45. The summed E-state index contributed by atoms with van der Waals surface area (Å²) in [5, 5.41) is 5.02. The van der Waals surface area contributed by atoms with E-state index in [-0.39, 0.29) is 12.1 Å². The van der Waals surface area contributed by atoms with Crippen LogP contribution in [0.5, 0.6) is 11.5 Å². The number of ether oxygens (including phenoxy) is 1. The van der Waals surface area contributed by atoms with E-state index in [0.29, 0.717) is 22.6 Å². The molecule has 1 fully saturated rings. The smallest absolute Gasteiger partial charge is 0.322 e. The molecule has 0 saturated carbocycles. The lowest BCUT2D eigenvalue weighted by Crippen LogP contribution is -2.49. The summed E-state index contributed by atoms with van der Waals surface area (Å²) in [6, 6.07) is 17.5. The number of para-hydroxylation sites is 1. The molecule has 7 heteroatoms. The zero-order valence-corrected chi connectivity index (χ0v) is 16.6. The fourth-order valence-corrected chi connectivity index (χ4v) is 3.58. The van der Waals surface area contributed by atoms with Crippen LogP contribution < -0.4 is 20.9 Å². The lowest BCUT2D eigenvalue weighted by molar-refractivity contribution is -0.124. The van der Waals surface area contributed by atoms with Gasteiger partial charge in [-0.25, -0.2) is 4.79 Å². The van der Waals surface area contributed by atoms with Gasteiger partial charge < -0.3 is 14.6 Å². The van der Waals surface area contributed by atoms with Crippen molar-refractivity contribution in [3.63, 3.8) is 0 Å². The number of amides is 3. The van der Waals surface area contributed by atoms with E-state index in [4.69, 9.17) is 4.74 Å². The van der Waals surface area contributed by atoms with E-state index in [2.05, 4.69) is 10.6 Å². The van der Waals surface area contributed by atoms with Gasteiger partial charge in [-0.15, -0.1) is 0 Å². The molecule has 1 aromatic heterocycles. The van der Waals surface area contributed by atoms with E-state index >= 15 is 0 Å². The Labute approximate surface area is 173 Å². The Morgan fingerprint density at radius 1 is 0.933 bits per heavy atom. The van der Waals surface area contributed by atoms with Gasteiger partial charge in [0.05, 0.1) is 6.54 Å². The molecule has 4 rings (SSSR count). The number of aryl methyl sites for hydroxylation is 2. The first-order valence-electron chi connectivity index (χ1n) is 9.53. The number of pyridine rings is 1. The van der Waals surface area contributed by atoms with Crippen molar-refractivity contribution in [3.8, 4) is 11.5 Å². The van der Waals surface area contributed by atoms with E-state index < -0.39 is 17.5 Å². The number of benzene rings is 2. The summed E-state index contributed by atoms with van der Waals surface area (Å²) in [7, 11) is 0. The van der Waals surface area contributed by atoms with Crippen LogP contribution in [0.25, 0.3) is 0 Å². The summed E-state index contributed by atoms with van der Waals surface area (Å²) >= 11 is 0. The first kappa shape index (κ1) is 19.4. The molecule has 0 spiro atoms. The number of hydrogen-bond donors (Lipinski definition) is 2. The molecule has 2 heterocycles. The van der Waals surface area contributed by atoms with Crippen LogP contribution in [0.4, 0.5) is 4.79 Å². The molecule has 0 bridgehead atoms. The minimum absolute atomic E-state index is 0.0244. The summed E-state index contributed by atoms with van der Waals surface area (Å²) in [5.41, 5.74) is 0.301. The first-order chi connectivity index (χ1) is 14.4.